The summed E-state index contributed by atoms with van der Waals surface area (Å²) in [6.07, 6.45) is 3.80. The minimum absolute atomic E-state index is 0. The van der Waals surface area contributed by atoms with Crippen LogP contribution in [0.15, 0.2) is 54.6 Å². The van der Waals surface area contributed by atoms with Crippen molar-refractivity contribution in [1.82, 2.24) is 5.32 Å². The van der Waals surface area contributed by atoms with Gasteiger partial charge in [0.15, 0.2) is 0 Å². The van der Waals surface area contributed by atoms with Crippen LogP contribution in [0.1, 0.15) is 36.8 Å². The first-order valence-electron chi connectivity index (χ1n) is 8.98. The van der Waals surface area contributed by atoms with E-state index in [2.05, 4.69) is 5.32 Å². The number of halogens is 1. The van der Waals surface area contributed by atoms with E-state index in [0.717, 1.165) is 36.1 Å². The van der Waals surface area contributed by atoms with Crippen LogP contribution in [0, 0.1) is 5.92 Å². The summed E-state index contributed by atoms with van der Waals surface area (Å²) < 4.78 is 5.77. The number of hydrogen-bond donors (Lipinski definition) is 2. The number of ether oxygens (including phenoxy) is 1. The van der Waals surface area contributed by atoms with Crippen molar-refractivity contribution in [3.8, 4) is 5.75 Å². The Morgan fingerprint density at radius 3 is 2.42 bits per heavy atom. The summed E-state index contributed by atoms with van der Waals surface area (Å²) in [5.74, 6) is 1.26. The second-order valence-corrected chi connectivity index (χ2v) is 6.75. The van der Waals surface area contributed by atoms with Gasteiger partial charge in [0.2, 0.25) is 5.91 Å². The van der Waals surface area contributed by atoms with Crippen LogP contribution in [-0.2, 0) is 17.9 Å². The van der Waals surface area contributed by atoms with E-state index in [1.165, 1.54) is 0 Å². The second-order valence-electron chi connectivity index (χ2n) is 6.75. The number of benzene rings is 2. The Morgan fingerprint density at radius 2 is 1.77 bits per heavy atom. The summed E-state index contributed by atoms with van der Waals surface area (Å²) in [4.78, 5) is 12.1. The van der Waals surface area contributed by atoms with Gasteiger partial charge in [-0.1, -0.05) is 48.9 Å². The highest BCUT2D eigenvalue weighted by Gasteiger charge is 2.25. The first-order valence-corrected chi connectivity index (χ1v) is 8.98. The molecule has 0 heterocycles. The fourth-order valence-corrected chi connectivity index (χ4v) is 3.27. The number of amides is 1. The van der Waals surface area contributed by atoms with Crippen LogP contribution in [0.2, 0.25) is 0 Å². The minimum atomic E-state index is 0. The molecule has 1 aliphatic rings. The third-order valence-electron chi connectivity index (χ3n) is 4.83. The van der Waals surface area contributed by atoms with E-state index in [9.17, 15) is 4.79 Å². The maximum atomic E-state index is 12.1. The molecule has 5 heteroatoms. The third kappa shape index (κ3) is 6.04. The molecule has 3 N–H and O–H groups in total. The van der Waals surface area contributed by atoms with Gasteiger partial charge in [0.1, 0.15) is 12.4 Å². The molecular formula is C21H27ClN2O2. The molecule has 26 heavy (non-hydrogen) atoms. The van der Waals surface area contributed by atoms with Crippen molar-refractivity contribution in [2.75, 3.05) is 0 Å². The first-order chi connectivity index (χ1) is 12.2. The van der Waals surface area contributed by atoms with Crippen molar-refractivity contribution in [2.45, 2.75) is 44.9 Å². The van der Waals surface area contributed by atoms with Gasteiger partial charge in [-0.25, -0.2) is 0 Å². The van der Waals surface area contributed by atoms with E-state index in [4.69, 9.17) is 10.5 Å². The van der Waals surface area contributed by atoms with Crippen LogP contribution in [0.25, 0.3) is 0 Å². The summed E-state index contributed by atoms with van der Waals surface area (Å²) in [7, 11) is 0. The highest BCUT2D eigenvalue weighted by atomic mass is 35.5. The lowest BCUT2D eigenvalue weighted by Crippen LogP contribution is -2.31. The lowest BCUT2D eigenvalue weighted by Gasteiger charge is -2.14. The Labute approximate surface area is 161 Å². The van der Waals surface area contributed by atoms with Crippen LogP contribution in [0.5, 0.6) is 5.75 Å². The molecule has 2 aromatic rings. The molecule has 1 aliphatic carbocycles. The van der Waals surface area contributed by atoms with E-state index < -0.39 is 0 Å². The summed E-state index contributed by atoms with van der Waals surface area (Å²) in [5.41, 5.74) is 8.24. The lowest BCUT2D eigenvalue weighted by molar-refractivity contribution is -0.122. The molecular weight excluding hydrogens is 348 g/mol. The lowest BCUT2D eigenvalue weighted by atomic mass is 10.00. The molecule has 0 aromatic heterocycles. The van der Waals surface area contributed by atoms with Crippen LogP contribution >= 0.6 is 12.4 Å². The summed E-state index contributed by atoms with van der Waals surface area (Å²) in [5, 5.41) is 2.99. The molecule has 0 unspecified atom stereocenters. The molecule has 1 amide bonds. The number of carbonyl (C=O) groups excluding carboxylic acids is 1. The van der Waals surface area contributed by atoms with Crippen LogP contribution in [-0.4, -0.2) is 11.9 Å². The van der Waals surface area contributed by atoms with E-state index in [1.807, 2.05) is 54.6 Å². The third-order valence-corrected chi connectivity index (χ3v) is 4.83. The van der Waals surface area contributed by atoms with Gasteiger partial charge < -0.3 is 15.8 Å². The van der Waals surface area contributed by atoms with Crippen molar-refractivity contribution in [1.29, 1.82) is 0 Å². The normalized spacial score (nSPS) is 18.8. The van der Waals surface area contributed by atoms with Crippen LogP contribution in [0.3, 0.4) is 0 Å². The molecule has 1 saturated carbocycles. The van der Waals surface area contributed by atoms with E-state index >= 15 is 0 Å². The SMILES string of the molecule is Cl.N[C@@H]1CCC[C@H]1CC(=O)NCc1ccc(OCc2ccccc2)cc1. The van der Waals surface area contributed by atoms with E-state index in [-0.39, 0.29) is 24.4 Å². The van der Waals surface area contributed by atoms with E-state index in [0.29, 0.717) is 25.5 Å². The van der Waals surface area contributed by atoms with Gasteiger partial charge in [-0.3, -0.25) is 4.79 Å². The average Bonchev–Trinajstić information content (AvgIpc) is 3.04. The number of nitrogens with one attached hydrogen (secondary N) is 1. The molecule has 4 nitrogen and oxygen atoms in total. The molecule has 1 fully saturated rings. The largest absolute Gasteiger partial charge is 0.489 e. The van der Waals surface area contributed by atoms with E-state index in [1.54, 1.807) is 0 Å². The van der Waals surface area contributed by atoms with Crippen molar-refractivity contribution in [3.63, 3.8) is 0 Å². The maximum absolute atomic E-state index is 12.1. The van der Waals surface area contributed by atoms with Gasteiger partial charge in [0.25, 0.3) is 0 Å². The molecule has 2 aromatic carbocycles. The highest BCUT2D eigenvalue weighted by molar-refractivity contribution is 5.85. The predicted octanol–water partition coefficient (Wildman–Crippen LogP) is 3.82. The van der Waals surface area contributed by atoms with Crippen LogP contribution < -0.4 is 15.8 Å². The number of nitrogens with two attached hydrogens (primary N) is 1. The Hall–Kier alpha value is -2.04. The molecule has 0 saturated heterocycles. The molecule has 0 spiro atoms. The molecule has 2 atom stereocenters. The van der Waals surface area contributed by atoms with Gasteiger partial charge in [0, 0.05) is 19.0 Å². The smallest absolute Gasteiger partial charge is 0.220 e. The van der Waals surface area contributed by atoms with Gasteiger partial charge in [-0.2, -0.15) is 0 Å². The van der Waals surface area contributed by atoms with Gasteiger partial charge >= 0.3 is 0 Å². The standard InChI is InChI=1S/C21H26N2O2.ClH/c22-20-8-4-7-18(20)13-21(24)23-14-16-9-11-19(12-10-16)25-15-17-5-2-1-3-6-17;/h1-3,5-6,9-12,18,20H,4,7-8,13-15,22H2,(H,23,24);1H/t18-,20+;/m0./s1. The van der Waals surface area contributed by atoms with Crippen molar-refractivity contribution in [3.05, 3.63) is 65.7 Å². The number of hydrogen-bond acceptors (Lipinski definition) is 3. The molecule has 0 radical (unpaired) electrons. The topological polar surface area (TPSA) is 64.4 Å². The minimum Gasteiger partial charge on any atom is -0.489 e. The Morgan fingerprint density at radius 1 is 1.04 bits per heavy atom. The fourth-order valence-electron chi connectivity index (χ4n) is 3.27. The Balaban J connectivity index is 0.00000243. The fraction of sp³-hybridized carbons (Fsp3) is 0.381. The summed E-state index contributed by atoms with van der Waals surface area (Å²) in [6, 6.07) is 18.1. The number of carbonyl (C=O) groups is 1. The molecule has 140 valence electrons. The van der Waals surface area contributed by atoms with Gasteiger partial charge in [-0.15, -0.1) is 12.4 Å². The zero-order valence-electron chi connectivity index (χ0n) is 14.9. The summed E-state index contributed by atoms with van der Waals surface area (Å²) >= 11 is 0. The van der Waals surface area contributed by atoms with Crippen molar-refractivity contribution >= 4 is 18.3 Å². The van der Waals surface area contributed by atoms with Crippen molar-refractivity contribution < 1.29 is 9.53 Å². The maximum Gasteiger partial charge on any atom is 0.220 e. The summed E-state index contributed by atoms with van der Waals surface area (Å²) in [6.45, 7) is 1.10. The average molecular weight is 375 g/mol. The number of rotatable bonds is 7. The molecule has 0 bridgehead atoms. The zero-order valence-corrected chi connectivity index (χ0v) is 15.7. The quantitative estimate of drug-likeness (QED) is 0.774. The van der Waals surface area contributed by atoms with Crippen molar-refractivity contribution in [2.24, 2.45) is 11.7 Å². The predicted molar refractivity (Wildman–Crippen MR) is 106 cm³/mol. The Bertz CT molecular complexity index is 676. The zero-order chi connectivity index (χ0) is 17.5. The van der Waals surface area contributed by atoms with Gasteiger partial charge in [-0.05, 0) is 42.0 Å². The highest BCUT2D eigenvalue weighted by Crippen LogP contribution is 2.26. The van der Waals surface area contributed by atoms with Crippen LogP contribution in [0.4, 0.5) is 0 Å². The monoisotopic (exact) mass is 374 g/mol. The second kappa shape index (κ2) is 10.2. The molecule has 0 aliphatic heterocycles. The van der Waals surface area contributed by atoms with Gasteiger partial charge in [0.05, 0.1) is 0 Å². The Kier molecular flexibility index (Phi) is 7.95. The molecule has 3 rings (SSSR count). The first kappa shape index (κ1) is 20.3.